The predicted molar refractivity (Wildman–Crippen MR) is 62.7 cm³/mol. The Labute approximate surface area is 107 Å². The third kappa shape index (κ3) is 128. The van der Waals surface area contributed by atoms with E-state index in [-0.39, 0.29) is 27.2 Å². The van der Waals surface area contributed by atoms with Gasteiger partial charge in [0.2, 0.25) is 0 Å². The van der Waals surface area contributed by atoms with Crippen molar-refractivity contribution in [3.8, 4) is 0 Å². The van der Waals surface area contributed by atoms with Crippen molar-refractivity contribution < 1.29 is 27.2 Å². The van der Waals surface area contributed by atoms with Gasteiger partial charge < -0.3 is 26.2 Å². The van der Waals surface area contributed by atoms with Crippen LogP contribution in [-0.4, -0.2) is 5.48 Å². The SMILES string of the molecule is [CH2-]CCC.[CH2-]CCC.[CH2-]CCC.[OH-].[Ti+4]. The van der Waals surface area contributed by atoms with E-state index < -0.39 is 0 Å². The first-order chi connectivity index (χ1) is 5.74. The minimum absolute atomic E-state index is 0. The van der Waals surface area contributed by atoms with E-state index in [0.29, 0.717) is 0 Å². The van der Waals surface area contributed by atoms with Crippen LogP contribution in [0.4, 0.5) is 0 Å². The monoisotopic (exact) mass is 236 g/mol. The molecule has 1 N–H and O–H groups in total. The molecule has 0 rings (SSSR count). The third-order valence-corrected chi connectivity index (χ3v) is 1.06. The summed E-state index contributed by atoms with van der Waals surface area (Å²) < 4.78 is 0. The second-order valence-electron chi connectivity index (χ2n) is 2.56. The summed E-state index contributed by atoms with van der Waals surface area (Å²) >= 11 is 0. The first-order valence-electron chi connectivity index (χ1n) is 5.12. The zero-order valence-corrected chi connectivity index (χ0v) is 11.9. The Morgan fingerprint density at radius 1 is 0.643 bits per heavy atom. The van der Waals surface area contributed by atoms with Gasteiger partial charge in [-0.2, -0.15) is 19.3 Å². The van der Waals surface area contributed by atoms with Crippen LogP contribution in [0.25, 0.3) is 0 Å². The van der Waals surface area contributed by atoms with Crippen LogP contribution in [-0.2, 0) is 21.7 Å². The molecule has 0 fully saturated rings. The van der Waals surface area contributed by atoms with Crippen LogP contribution in [0.1, 0.15) is 59.3 Å². The zero-order chi connectivity index (χ0) is 10.2. The van der Waals surface area contributed by atoms with E-state index >= 15 is 0 Å². The summed E-state index contributed by atoms with van der Waals surface area (Å²) in [5.74, 6) is 0. The fourth-order valence-corrected chi connectivity index (χ4v) is 0. The first-order valence-corrected chi connectivity index (χ1v) is 5.12. The Morgan fingerprint density at radius 2 is 0.714 bits per heavy atom. The molecule has 0 atom stereocenters. The van der Waals surface area contributed by atoms with Gasteiger partial charge in [-0.15, -0.1) is 0 Å². The summed E-state index contributed by atoms with van der Waals surface area (Å²) in [4.78, 5) is 0. The van der Waals surface area contributed by atoms with Crippen molar-refractivity contribution in [2.24, 2.45) is 0 Å². The number of rotatable bonds is 3. The molecule has 0 radical (unpaired) electrons. The summed E-state index contributed by atoms with van der Waals surface area (Å²) in [6.07, 6.45) is 6.83. The molecular weight excluding hydrogens is 208 g/mol. The summed E-state index contributed by atoms with van der Waals surface area (Å²) in [6.45, 7) is 17.2. The van der Waals surface area contributed by atoms with Gasteiger partial charge in [-0.1, -0.05) is 40.0 Å². The molecule has 0 aliphatic rings. The summed E-state index contributed by atoms with van der Waals surface area (Å²) in [6, 6.07) is 0. The molecule has 0 aliphatic carbocycles. The van der Waals surface area contributed by atoms with E-state index in [9.17, 15) is 0 Å². The molecule has 0 spiro atoms. The molecule has 0 heterocycles. The van der Waals surface area contributed by atoms with E-state index in [2.05, 4.69) is 41.5 Å². The fraction of sp³-hybridized carbons (Fsp3) is 0.750. The van der Waals surface area contributed by atoms with Crippen LogP contribution in [0.3, 0.4) is 0 Å². The Hall–Kier alpha value is 0.674. The minimum atomic E-state index is 0. The maximum Gasteiger partial charge on any atom is 4.00 e. The molecule has 2 heteroatoms. The van der Waals surface area contributed by atoms with Crippen molar-refractivity contribution in [3.05, 3.63) is 20.8 Å². The van der Waals surface area contributed by atoms with Crippen molar-refractivity contribution in [2.45, 2.75) is 59.3 Å². The molecule has 0 aromatic carbocycles. The molecule has 0 saturated carbocycles. The molecule has 0 aromatic rings. The van der Waals surface area contributed by atoms with Gasteiger partial charge in [-0.25, -0.2) is 0 Å². The molecular formula is C12H28OTi. The van der Waals surface area contributed by atoms with E-state index in [1.807, 2.05) is 0 Å². The second-order valence-corrected chi connectivity index (χ2v) is 2.56. The van der Waals surface area contributed by atoms with Gasteiger partial charge in [0, 0.05) is 0 Å². The Balaban J connectivity index is -0.0000000270. The van der Waals surface area contributed by atoms with Gasteiger partial charge in [0.15, 0.2) is 0 Å². The number of hydrogen-bond donors (Lipinski definition) is 0. The standard InChI is InChI=1S/3C4H9.H2O.Ti/c3*1-3-4-2;;/h3*1,3-4H2,2H3;1H2;/q3*-1;;+4/p-1. The van der Waals surface area contributed by atoms with Gasteiger partial charge in [-0.3, -0.25) is 0 Å². The molecule has 1 nitrogen and oxygen atoms in total. The maximum atomic E-state index is 3.60. The van der Waals surface area contributed by atoms with Crippen LogP contribution in [0.15, 0.2) is 0 Å². The first kappa shape index (κ1) is 29.3. The Kier molecular flexibility index (Phi) is 103. The van der Waals surface area contributed by atoms with Crippen LogP contribution in [0.2, 0.25) is 0 Å². The number of hydrogen-bond acceptors (Lipinski definition) is 1. The van der Waals surface area contributed by atoms with Gasteiger partial charge >= 0.3 is 21.7 Å². The Bertz CT molecular complexity index is 25.8. The third-order valence-electron chi connectivity index (χ3n) is 1.06. The second kappa shape index (κ2) is 49.3. The van der Waals surface area contributed by atoms with Crippen molar-refractivity contribution >= 4 is 0 Å². The van der Waals surface area contributed by atoms with E-state index in [0.717, 1.165) is 19.3 Å². The quantitative estimate of drug-likeness (QED) is 0.516. The van der Waals surface area contributed by atoms with Gasteiger partial charge in [0.05, 0.1) is 0 Å². The fourth-order valence-electron chi connectivity index (χ4n) is 0. The average molecular weight is 236 g/mol. The smallest absolute Gasteiger partial charge is 0.870 e. The van der Waals surface area contributed by atoms with Crippen LogP contribution in [0.5, 0.6) is 0 Å². The van der Waals surface area contributed by atoms with Crippen molar-refractivity contribution in [1.82, 2.24) is 0 Å². The normalized spacial score (nSPS) is 6.43. The maximum absolute atomic E-state index is 3.60. The van der Waals surface area contributed by atoms with E-state index in [1.165, 1.54) is 19.3 Å². The minimum Gasteiger partial charge on any atom is -0.870 e. The summed E-state index contributed by atoms with van der Waals surface area (Å²) in [5.41, 5.74) is 0. The van der Waals surface area contributed by atoms with Crippen molar-refractivity contribution in [1.29, 1.82) is 0 Å². The summed E-state index contributed by atoms with van der Waals surface area (Å²) in [7, 11) is 0. The van der Waals surface area contributed by atoms with E-state index in [1.54, 1.807) is 0 Å². The molecule has 0 amide bonds. The topological polar surface area (TPSA) is 30.0 Å². The Morgan fingerprint density at radius 3 is 0.714 bits per heavy atom. The van der Waals surface area contributed by atoms with Crippen LogP contribution in [0, 0.1) is 20.8 Å². The summed E-state index contributed by atoms with van der Waals surface area (Å²) in [5, 5.41) is 0. The van der Waals surface area contributed by atoms with Crippen LogP contribution >= 0.6 is 0 Å². The van der Waals surface area contributed by atoms with E-state index in [4.69, 9.17) is 0 Å². The molecule has 0 aliphatic heterocycles. The van der Waals surface area contributed by atoms with Gasteiger partial charge in [0.1, 0.15) is 0 Å². The van der Waals surface area contributed by atoms with Crippen LogP contribution < -0.4 is 0 Å². The number of unbranched alkanes of at least 4 members (excludes halogenated alkanes) is 3. The zero-order valence-electron chi connectivity index (χ0n) is 10.3. The molecule has 0 unspecified atom stereocenters. The molecule has 0 bridgehead atoms. The predicted octanol–water partition coefficient (Wildman–Crippen LogP) is 4.68. The van der Waals surface area contributed by atoms with Gasteiger partial charge in [-0.05, 0) is 0 Å². The van der Waals surface area contributed by atoms with Gasteiger partial charge in [0.25, 0.3) is 0 Å². The van der Waals surface area contributed by atoms with Crippen molar-refractivity contribution in [2.75, 3.05) is 0 Å². The molecule has 86 valence electrons. The molecule has 0 aromatic heterocycles. The average Bonchev–Trinajstić information content (AvgIpc) is 2.18. The molecule has 14 heavy (non-hydrogen) atoms. The largest absolute Gasteiger partial charge is 4.00 e. The molecule has 0 saturated heterocycles. The van der Waals surface area contributed by atoms with Crippen molar-refractivity contribution in [3.63, 3.8) is 0 Å².